The first-order chi connectivity index (χ1) is 12.6. The fourth-order valence-electron chi connectivity index (χ4n) is 2.91. The number of para-hydroxylation sites is 1. The van der Waals surface area contributed by atoms with Gasteiger partial charge in [-0.15, -0.1) is 11.3 Å². The van der Waals surface area contributed by atoms with E-state index in [1.165, 1.54) is 32.6 Å². The van der Waals surface area contributed by atoms with Crippen molar-refractivity contribution in [1.29, 1.82) is 0 Å². The van der Waals surface area contributed by atoms with E-state index in [0.717, 1.165) is 0 Å². The summed E-state index contributed by atoms with van der Waals surface area (Å²) in [6.07, 6.45) is 1.13. The van der Waals surface area contributed by atoms with Gasteiger partial charge in [0.25, 0.3) is 5.56 Å². The van der Waals surface area contributed by atoms with Crippen LogP contribution in [-0.4, -0.2) is 38.6 Å². The molecule has 3 aromatic rings. The van der Waals surface area contributed by atoms with Crippen molar-refractivity contribution in [3.63, 3.8) is 0 Å². The quantitative estimate of drug-likeness (QED) is 0.510. The van der Waals surface area contributed by atoms with Crippen LogP contribution < -0.4 is 5.56 Å². The van der Waals surface area contributed by atoms with Gasteiger partial charge < -0.3 is 0 Å². The van der Waals surface area contributed by atoms with Crippen molar-refractivity contribution in [1.82, 2.24) is 14.5 Å². The third kappa shape index (κ3) is 3.06. The number of thioether (sulfide) groups is 1. The van der Waals surface area contributed by atoms with Gasteiger partial charge >= 0.3 is 0 Å². The maximum Gasteiger partial charge on any atom is 0.276 e. The minimum atomic E-state index is -0.239. The van der Waals surface area contributed by atoms with Crippen LogP contribution in [0.4, 0.5) is 0 Å². The Morgan fingerprint density at radius 2 is 2.00 bits per heavy atom. The molecule has 4 rings (SSSR count). The Morgan fingerprint density at radius 1 is 1.19 bits per heavy atom. The van der Waals surface area contributed by atoms with E-state index < -0.39 is 0 Å². The predicted molar refractivity (Wildman–Crippen MR) is 102 cm³/mol. The van der Waals surface area contributed by atoms with E-state index in [9.17, 15) is 14.4 Å². The van der Waals surface area contributed by atoms with E-state index in [1.807, 2.05) is 35.7 Å². The lowest BCUT2D eigenvalue weighted by molar-refractivity contribution is -0.140. The highest BCUT2D eigenvalue weighted by Crippen LogP contribution is 2.24. The number of nitrogens with zero attached hydrogens (tertiary/aromatic N) is 3. The molecule has 0 aliphatic carbocycles. The molecule has 1 aliphatic heterocycles. The molecule has 3 heterocycles. The van der Waals surface area contributed by atoms with Crippen LogP contribution >= 0.6 is 23.1 Å². The molecule has 0 bridgehead atoms. The molecule has 8 heteroatoms. The summed E-state index contributed by atoms with van der Waals surface area (Å²) in [7, 11) is 0. The molecule has 132 valence electrons. The van der Waals surface area contributed by atoms with E-state index >= 15 is 0 Å². The molecule has 0 N–H and O–H groups in total. The SMILES string of the molecule is O=C1CCCN1C(=O)CSc1nc2ccsc2c(=O)n1-c1ccccc1. The monoisotopic (exact) mass is 385 g/mol. The van der Waals surface area contributed by atoms with E-state index in [0.29, 0.717) is 40.4 Å². The van der Waals surface area contributed by atoms with Gasteiger partial charge in [-0.1, -0.05) is 30.0 Å². The van der Waals surface area contributed by atoms with Crippen molar-refractivity contribution in [3.8, 4) is 5.69 Å². The molecule has 6 nitrogen and oxygen atoms in total. The summed E-state index contributed by atoms with van der Waals surface area (Å²) < 4.78 is 2.11. The van der Waals surface area contributed by atoms with Gasteiger partial charge in [-0.2, -0.15) is 0 Å². The second-order valence-corrected chi connectivity index (χ2v) is 7.70. The molecular weight excluding hydrogens is 370 g/mol. The fourth-order valence-corrected chi connectivity index (χ4v) is 4.56. The number of aromatic nitrogens is 2. The lowest BCUT2D eigenvalue weighted by Crippen LogP contribution is -2.33. The van der Waals surface area contributed by atoms with Gasteiger partial charge in [0, 0.05) is 13.0 Å². The van der Waals surface area contributed by atoms with Crippen molar-refractivity contribution in [2.24, 2.45) is 0 Å². The van der Waals surface area contributed by atoms with Gasteiger partial charge in [-0.3, -0.25) is 23.9 Å². The average molecular weight is 385 g/mol. The summed E-state index contributed by atoms with van der Waals surface area (Å²) in [6, 6.07) is 11.0. The zero-order valence-electron chi connectivity index (χ0n) is 13.8. The highest BCUT2D eigenvalue weighted by molar-refractivity contribution is 7.99. The first kappa shape index (κ1) is 17.0. The Labute approximate surface area is 157 Å². The highest BCUT2D eigenvalue weighted by atomic mass is 32.2. The van der Waals surface area contributed by atoms with Crippen molar-refractivity contribution in [2.75, 3.05) is 12.3 Å². The number of carbonyl (C=O) groups is 2. The van der Waals surface area contributed by atoms with Crippen LogP contribution in [0.2, 0.25) is 0 Å². The number of hydrogen-bond acceptors (Lipinski definition) is 6. The molecule has 1 aliphatic rings. The van der Waals surface area contributed by atoms with Crippen molar-refractivity contribution in [3.05, 3.63) is 52.1 Å². The summed E-state index contributed by atoms with van der Waals surface area (Å²) in [5.41, 5.74) is 1.18. The minimum absolute atomic E-state index is 0.0701. The van der Waals surface area contributed by atoms with Crippen LogP contribution in [0, 0.1) is 0 Å². The van der Waals surface area contributed by atoms with Crippen LogP contribution in [0.5, 0.6) is 0 Å². The van der Waals surface area contributed by atoms with Crippen molar-refractivity contribution >= 4 is 45.1 Å². The second-order valence-electron chi connectivity index (χ2n) is 5.84. The smallest absolute Gasteiger partial charge is 0.276 e. The summed E-state index contributed by atoms with van der Waals surface area (Å²) in [5, 5.41) is 2.28. The van der Waals surface area contributed by atoms with E-state index in [2.05, 4.69) is 4.98 Å². The largest absolute Gasteiger partial charge is 0.282 e. The van der Waals surface area contributed by atoms with Gasteiger partial charge in [0.1, 0.15) is 4.70 Å². The first-order valence-corrected chi connectivity index (χ1v) is 10.0. The summed E-state index contributed by atoms with van der Waals surface area (Å²) in [6.45, 7) is 0.473. The van der Waals surface area contributed by atoms with Gasteiger partial charge in [-0.05, 0) is 30.0 Å². The number of carbonyl (C=O) groups excluding carboxylic acids is 2. The Hall–Kier alpha value is -2.45. The van der Waals surface area contributed by atoms with E-state index in [4.69, 9.17) is 0 Å². The van der Waals surface area contributed by atoms with Crippen LogP contribution in [0.15, 0.2) is 51.7 Å². The predicted octanol–water partition coefficient (Wildman–Crippen LogP) is 2.69. The second kappa shape index (κ2) is 7.05. The zero-order chi connectivity index (χ0) is 18.1. The Kier molecular flexibility index (Phi) is 4.60. The molecule has 2 amide bonds. The van der Waals surface area contributed by atoms with Gasteiger partial charge in [0.2, 0.25) is 11.8 Å². The van der Waals surface area contributed by atoms with Gasteiger partial charge in [-0.25, -0.2) is 4.98 Å². The molecule has 0 saturated carbocycles. The Bertz CT molecular complexity index is 1040. The third-order valence-corrected chi connectivity index (χ3v) is 5.98. The number of benzene rings is 1. The van der Waals surface area contributed by atoms with Crippen LogP contribution in [0.25, 0.3) is 15.9 Å². The number of likely N-dealkylation sites (tertiary alicyclic amines) is 1. The fraction of sp³-hybridized carbons (Fsp3) is 0.222. The normalized spacial score (nSPS) is 14.3. The Morgan fingerprint density at radius 3 is 2.73 bits per heavy atom. The highest BCUT2D eigenvalue weighted by Gasteiger charge is 2.26. The number of rotatable bonds is 4. The lowest BCUT2D eigenvalue weighted by Gasteiger charge is -2.15. The molecule has 0 atom stereocenters. The molecule has 0 unspecified atom stereocenters. The lowest BCUT2D eigenvalue weighted by atomic mass is 10.3. The average Bonchev–Trinajstić information content (AvgIpc) is 3.29. The number of thiophene rings is 1. The molecule has 0 radical (unpaired) electrons. The zero-order valence-corrected chi connectivity index (χ0v) is 15.4. The molecule has 1 aromatic carbocycles. The van der Waals surface area contributed by atoms with Gasteiger partial charge in [0.05, 0.1) is 17.0 Å². The summed E-state index contributed by atoms with van der Waals surface area (Å²) >= 11 is 2.54. The third-order valence-electron chi connectivity index (χ3n) is 4.16. The van der Waals surface area contributed by atoms with Crippen molar-refractivity contribution < 1.29 is 9.59 Å². The topological polar surface area (TPSA) is 72.3 Å². The number of fused-ring (bicyclic) bond motifs is 1. The first-order valence-electron chi connectivity index (χ1n) is 8.17. The number of hydrogen-bond donors (Lipinski definition) is 0. The standard InChI is InChI=1S/C18H15N3O3S2/c22-14-7-4-9-20(14)15(23)11-26-18-19-13-8-10-25-16(13)17(24)21(18)12-5-2-1-3-6-12/h1-3,5-6,8,10H,4,7,9,11H2. The maximum absolute atomic E-state index is 12.9. The molecule has 2 aromatic heterocycles. The Balaban J connectivity index is 1.70. The molecule has 1 fully saturated rings. The van der Waals surface area contributed by atoms with Crippen molar-refractivity contribution in [2.45, 2.75) is 18.0 Å². The number of amides is 2. The van der Waals surface area contributed by atoms with Crippen LogP contribution in [-0.2, 0) is 9.59 Å². The summed E-state index contributed by atoms with van der Waals surface area (Å²) in [4.78, 5) is 42.9. The van der Waals surface area contributed by atoms with Gasteiger partial charge in [0.15, 0.2) is 5.16 Å². The molecular formula is C18H15N3O3S2. The maximum atomic E-state index is 12.9. The van der Waals surface area contributed by atoms with E-state index in [-0.39, 0.29) is 23.1 Å². The molecule has 1 saturated heterocycles. The van der Waals surface area contributed by atoms with E-state index in [1.54, 1.807) is 6.07 Å². The molecule has 26 heavy (non-hydrogen) atoms. The van der Waals surface area contributed by atoms with Crippen LogP contribution in [0.3, 0.4) is 0 Å². The summed E-state index contributed by atoms with van der Waals surface area (Å²) in [5.74, 6) is -0.297. The number of imide groups is 1. The minimum Gasteiger partial charge on any atom is -0.282 e. The molecule has 0 spiro atoms. The van der Waals surface area contributed by atoms with Crippen LogP contribution in [0.1, 0.15) is 12.8 Å².